The van der Waals surface area contributed by atoms with Gasteiger partial charge < -0.3 is 10.1 Å². The van der Waals surface area contributed by atoms with Crippen molar-refractivity contribution < 1.29 is 4.74 Å². The molecule has 3 nitrogen and oxygen atoms in total. The molecule has 0 amide bonds. The molecule has 2 rings (SSSR count). The second-order valence-electron chi connectivity index (χ2n) is 5.27. The van der Waals surface area contributed by atoms with Gasteiger partial charge in [-0.15, -0.1) is 11.3 Å². The van der Waals surface area contributed by atoms with E-state index in [4.69, 9.17) is 4.74 Å². The van der Waals surface area contributed by atoms with Crippen LogP contribution in [0.15, 0.2) is 5.38 Å². The average Bonchev–Trinajstić information content (AvgIpc) is 2.97. The van der Waals surface area contributed by atoms with E-state index in [2.05, 4.69) is 36.5 Å². The van der Waals surface area contributed by atoms with Crippen molar-refractivity contribution >= 4 is 11.3 Å². The summed E-state index contributed by atoms with van der Waals surface area (Å²) in [6, 6.07) is 0.650. The predicted molar refractivity (Wildman–Crippen MR) is 71.4 cm³/mol. The summed E-state index contributed by atoms with van der Waals surface area (Å²) in [7, 11) is 1.77. The Morgan fingerprint density at radius 1 is 1.59 bits per heavy atom. The molecule has 0 saturated heterocycles. The fraction of sp³-hybridized carbons (Fsp3) is 0.769. The largest absolute Gasteiger partial charge is 0.382 e. The molecule has 4 heteroatoms. The molecular formula is C13H22N2OS. The third kappa shape index (κ3) is 2.69. The molecular weight excluding hydrogens is 232 g/mol. The maximum absolute atomic E-state index is 5.47. The van der Waals surface area contributed by atoms with E-state index in [0.717, 1.165) is 5.69 Å². The lowest BCUT2D eigenvalue weighted by molar-refractivity contribution is 0.0744. The highest BCUT2D eigenvalue weighted by Gasteiger charge is 2.42. The molecule has 1 heterocycles. The van der Waals surface area contributed by atoms with E-state index in [9.17, 15) is 0 Å². The molecule has 0 spiro atoms. The topological polar surface area (TPSA) is 34.1 Å². The van der Waals surface area contributed by atoms with E-state index in [1.165, 1.54) is 17.8 Å². The minimum absolute atomic E-state index is 0.116. The molecule has 0 bridgehead atoms. The molecule has 1 fully saturated rings. The van der Waals surface area contributed by atoms with Gasteiger partial charge in [0.1, 0.15) is 5.01 Å². The third-order valence-electron chi connectivity index (χ3n) is 3.40. The first kappa shape index (κ1) is 13.0. The molecule has 1 aliphatic carbocycles. The van der Waals surface area contributed by atoms with Crippen molar-refractivity contribution in [3.8, 4) is 0 Å². The SMILES string of the molecule is COCC(NC1CC1)(c1nc(C)cs1)C(C)C. The molecule has 1 aromatic heterocycles. The zero-order valence-electron chi connectivity index (χ0n) is 11.1. The fourth-order valence-electron chi connectivity index (χ4n) is 2.12. The number of thiazole rings is 1. The van der Waals surface area contributed by atoms with Crippen molar-refractivity contribution in [2.75, 3.05) is 13.7 Å². The lowest BCUT2D eigenvalue weighted by atomic mass is 9.87. The number of ether oxygens (including phenoxy) is 1. The van der Waals surface area contributed by atoms with Crippen LogP contribution in [0.4, 0.5) is 0 Å². The van der Waals surface area contributed by atoms with Gasteiger partial charge in [0.2, 0.25) is 0 Å². The van der Waals surface area contributed by atoms with E-state index in [0.29, 0.717) is 18.6 Å². The number of nitrogens with one attached hydrogen (secondary N) is 1. The van der Waals surface area contributed by atoms with Crippen LogP contribution in [-0.2, 0) is 10.3 Å². The highest BCUT2D eigenvalue weighted by molar-refractivity contribution is 7.09. The normalized spacial score (nSPS) is 19.6. The summed E-state index contributed by atoms with van der Waals surface area (Å²) >= 11 is 1.74. The van der Waals surface area contributed by atoms with Gasteiger partial charge in [-0.05, 0) is 25.7 Å². The minimum atomic E-state index is -0.116. The third-order valence-corrected chi connectivity index (χ3v) is 4.54. The average molecular weight is 254 g/mol. The highest BCUT2D eigenvalue weighted by atomic mass is 32.1. The molecule has 1 aliphatic rings. The van der Waals surface area contributed by atoms with Gasteiger partial charge in [0.25, 0.3) is 0 Å². The number of methoxy groups -OCH3 is 1. The lowest BCUT2D eigenvalue weighted by Gasteiger charge is -2.36. The van der Waals surface area contributed by atoms with E-state index in [1.54, 1.807) is 18.4 Å². The van der Waals surface area contributed by atoms with Crippen LogP contribution in [0, 0.1) is 12.8 Å². The summed E-state index contributed by atoms with van der Waals surface area (Å²) in [5.74, 6) is 0.466. The van der Waals surface area contributed by atoms with Gasteiger partial charge in [-0.1, -0.05) is 13.8 Å². The van der Waals surface area contributed by atoms with Crippen LogP contribution in [0.5, 0.6) is 0 Å². The summed E-state index contributed by atoms with van der Waals surface area (Å²) in [6.45, 7) is 7.22. The van der Waals surface area contributed by atoms with Gasteiger partial charge in [0.15, 0.2) is 0 Å². The van der Waals surface area contributed by atoms with Gasteiger partial charge in [0.05, 0.1) is 12.1 Å². The van der Waals surface area contributed by atoms with Crippen LogP contribution in [0.25, 0.3) is 0 Å². The monoisotopic (exact) mass is 254 g/mol. The highest BCUT2D eigenvalue weighted by Crippen LogP contribution is 2.36. The van der Waals surface area contributed by atoms with Crippen molar-refractivity contribution in [2.45, 2.75) is 45.2 Å². The summed E-state index contributed by atoms with van der Waals surface area (Å²) in [5, 5.41) is 7.04. The number of nitrogens with zero attached hydrogens (tertiary/aromatic N) is 1. The Bertz CT molecular complexity index is 373. The van der Waals surface area contributed by atoms with E-state index in [-0.39, 0.29) is 5.54 Å². The Hall–Kier alpha value is -0.450. The smallest absolute Gasteiger partial charge is 0.116 e. The van der Waals surface area contributed by atoms with Crippen molar-refractivity contribution in [1.29, 1.82) is 0 Å². The maximum Gasteiger partial charge on any atom is 0.116 e. The quantitative estimate of drug-likeness (QED) is 0.847. The second-order valence-corrected chi connectivity index (χ2v) is 6.13. The maximum atomic E-state index is 5.47. The van der Waals surface area contributed by atoms with Crippen LogP contribution in [-0.4, -0.2) is 24.7 Å². The van der Waals surface area contributed by atoms with E-state index >= 15 is 0 Å². The van der Waals surface area contributed by atoms with Gasteiger partial charge in [0, 0.05) is 24.2 Å². The zero-order valence-corrected chi connectivity index (χ0v) is 11.9. The molecule has 17 heavy (non-hydrogen) atoms. The molecule has 0 radical (unpaired) electrons. The summed E-state index contributed by atoms with van der Waals surface area (Å²) in [6.07, 6.45) is 2.56. The summed E-state index contributed by atoms with van der Waals surface area (Å²) < 4.78 is 5.47. The molecule has 1 N–H and O–H groups in total. The van der Waals surface area contributed by atoms with Gasteiger partial charge in [-0.2, -0.15) is 0 Å². The van der Waals surface area contributed by atoms with Crippen LogP contribution in [0.1, 0.15) is 37.4 Å². The van der Waals surface area contributed by atoms with Crippen molar-refractivity contribution in [3.63, 3.8) is 0 Å². The minimum Gasteiger partial charge on any atom is -0.382 e. The molecule has 0 aromatic carbocycles. The summed E-state index contributed by atoms with van der Waals surface area (Å²) in [4.78, 5) is 4.68. The molecule has 1 atom stereocenters. The van der Waals surface area contributed by atoms with Crippen LogP contribution >= 0.6 is 11.3 Å². The van der Waals surface area contributed by atoms with Crippen molar-refractivity contribution in [1.82, 2.24) is 10.3 Å². The molecule has 0 aliphatic heterocycles. The van der Waals surface area contributed by atoms with Crippen molar-refractivity contribution in [3.05, 3.63) is 16.1 Å². The molecule has 1 aromatic rings. The van der Waals surface area contributed by atoms with Crippen LogP contribution in [0.2, 0.25) is 0 Å². The first-order valence-corrected chi connectivity index (χ1v) is 7.15. The Labute approximate surface area is 108 Å². The Morgan fingerprint density at radius 2 is 2.29 bits per heavy atom. The Kier molecular flexibility index (Phi) is 3.85. The number of rotatable bonds is 6. The van der Waals surface area contributed by atoms with E-state index in [1.807, 2.05) is 0 Å². The van der Waals surface area contributed by atoms with Crippen LogP contribution < -0.4 is 5.32 Å². The number of aromatic nitrogens is 1. The zero-order chi connectivity index (χ0) is 12.5. The van der Waals surface area contributed by atoms with Gasteiger partial charge in [-0.3, -0.25) is 0 Å². The lowest BCUT2D eigenvalue weighted by Crippen LogP contribution is -2.51. The standard InChI is InChI=1S/C13H22N2OS/c1-9(2)13(8-16-4,15-11-5-6-11)12-14-10(3)7-17-12/h7,9,11,15H,5-6,8H2,1-4H3. The second kappa shape index (κ2) is 5.04. The van der Waals surface area contributed by atoms with Gasteiger partial charge >= 0.3 is 0 Å². The van der Waals surface area contributed by atoms with Crippen LogP contribution in [0.3, 0.4) is 0 Å². The first-order chi connectivity index (χ1) is 8.08. The van der Waals surface area contributed by atoms with Crippen molar-refractivity contribution in [2.24, 2.45) is 5.92 Å². The Balaban J connectivity index is 2.30. The molecule has 1 saturated carbocycles. The first-order valence-electron chi connectivity index (χ1n) is 6.27. The number of hydrogen-bond donors (Lipinski definition) is 1. The molecule has 1 unspecified atom stereocenters. The fourth-order valence-corrected chi connectivity index (χ4v) is 3.22. The predicted octanol–water partition coefficient (Wildman–Crippen LogP) is 2.70. The van der Waals surface area contributed by atoms with E-state index < -0.39 is 0 Å². The number of aryl methyl sites for hydroxylation is 1. The molecule has 96 valence electrons. The number of hydrogen-bond acceptors (Lipinski definition) is 4. The Morgan fingerprint density at radius 3 is 2.71 bits per heavy atom. The summed E-state index contributed by atoms with van der Waals surface area (Å²) in [5.41, 5.74) is 0.984. The van der Waals surface area contributed by atoms with Gasteiger partial charge in [-0.25, -0.2) is 4.98 Å².